The summed E-state index contributed by atoms with van der Waals surface area (Å²) in [6.07, 6.45) is 12.1. The summed E-state index contributed by atoms with van der Waals surface area (Å²) >= 11 is 0. The van der Waals surface area contributed by atoms with Crippen LogP contribution in [-0.4, -0.2) is 39.9 Å². The van der Waals surface area contributed by atoms with Gasteiger partial charge in [0, 0.05) is 24.0 Å². The predicted octanol–water partition coefficient (Wildman–Crippen LogP) is 2.70. The number of anilines is 2. The van der Waals surface area contributed by atoms with Gasteiger partial charge >= 0.3 is 0 Å². The standard InChI is InChI=1S/C12H10N8.C8H16O/c13-11-10-7(2-5-20(10)18-12(14)17-11)8-3-6-19-9(16-8)1-4-15-19;1-2-8(9)6-4-3-5-7-8/h1-6H,(H4,13,14,17,18);9H,2-7H2,1H3. The van der Waals surface area contributed by atoms with E-state index in [2.05, 4.69) is 27.1 Å². The highest BCUT2D eigenvalue weighted by Crippen LogP contribution is 2.30. The van der Waals surface area contributed by atoms with Gasteiger partial charge in [0.1, 0.15) is 5.52 Å². The van der Waals surface area contributed by atoms with E-state index in [1.807, 2.05) is 24.4 Å². The first-order chi connectivity index (χ1) is 14.0. The van der Waals surface area contributed by atoms with Crippen LogP contribution in [0.2, 0.25) is 0 Å². The van der Waals surface area contributed by atoms with Crippen molar-refractivity contribution < 1.29 is 5.11 Å². The van der Waals surface area contributed by atoms with E-state index in [9.17, 15) is 5.11 Å². The fourth-order valence-electron chi connectivity index (χ4n) is 3.80. The number of nitrogens with two attached hydrogens (primary N) is 2. The quantitative estimate of drug-likeness (QED) is 0.476. The molecule has 29 heavy (non-hydrogen) atoms. The minimum Gasteiger partial charge on any atom is -0.390 e. The van der Waals surface area contributed by atoms with E-state index in [-0.39, 0.29) is 11.5 Å². The molecule has 0 amide bonds. The number of hydrogen-bond acceptors (Lipinski definition) is 7. The predicted molar refractivity (Wildman–Crippen MR) is 112 cm³/mol. The molecule has 0 spiro atoms. The summed E-state index contributed by atoms with van der Waals surface area (Å²) in [4.78, 5) is 8.53. The molecule has 9 heteroatoms. The Labute approximate surface area is 168 Å². The van der Waals surface area contributed by atoms with Crippen LogP contribution in [-0.2, 0) is 0 Å². The van der Waals surface area contributed by atoms with Crippen molar-refractivity contribution in [2.45, 2.75) is 51.0 Å². The third-order valence-electron chi connectivity index (χ3n) is 5.53. The van der Waals surface area contributed by atoms with Gasteiger partial charge in [0.2, 0.25) is 5.95 Å². The Morgan fingerprint density at radius 1 is 1.03 bits per heavy atom. The Balaban J connectivity index is 0.000000192. The van der Waals surface area contributed by atoms with E-state index < -0.39 is 0 Å². The summed E-state index contributed by atoms with van der Waals surface area (Å²) in [6.45, 7) is 2.07. The first-order valence-electron chi connectivity index (χ1n) is 9.92. The van der Waals surface area contributed by atoms with Gasteiger partial charge in [0.15, 0.2) is 11.5 Å². The summed E-state index contributed by atoms with van der Waals surface area (Å²) in [6, 6.07) is 5.58. The SMILES string of the molecule is CCC1(O)CCCCC1.Nc1nc(N)c2c(-c3ccn4nccc4n3)ccn2n1. The van der Waals surface area contributed by atoms with Crippen molar-refractivity contribution in [1.82, 2.24) is 29.2 Å². The van der Waals surface area contributed by atoms with E-state index in [1.54, 1.807) is 21.4 Å². The number of aromatic nitrogens is 6. The topological polar surface area (TPSA) is 133 Å². The van der Waals surface area contributed by atoms with Crippen molar-refractivity contribution in [3.63, 3.8) is 0 Å². The van der Waals surface area contributed by atoms with Gasteiger partial charge in [-0.25, -0.2) is 14.0 Å². The molecule has 1 saturated carbocycles. The zero-order valence-corrected chi connectivity index (χ0v) is 16.5. The molecular weight excluding hydrogens is 368 g/mol. The lowest BCUT2D eigenvalue weighted by atomic mass is 9.83. The summed E-state index contributed by atoms with van der Waals surface area (Å²) in [5, 5.41) is 17.9. The zero-order chi connectivity index (χ0) is 20.4. The molecule has 9 nitrogen and oxygen atoms in total. The molecule has 0 aromatic carbocycles. The smallest absolute Gasteiger partial charge is 0.240 e. The van der Waals surface area contributed by atoms with Gasteiger partial charge in [0.25, 0.3) is 0 Å². The molecule has 4 aromatic rings. The van der Waals surface area contributed by atoms with Crippen LogP contribution < -0.4 is 11.5 Å². The summed E-state index contributed by atoms with van der Waals surface area (Å²) in [5.74, 6) is 0.462. The number of aliphatic hydroxyl groups is 1. The highest BCUT2D eigenvalue weighted by atomic mass is 16.3. The largest absolute Gasteiger partial charge is 0.390 e. The van der Waals surface area contributed by atoms with Gasteiger partial charge in [-0.05, 0) is 31.4 Å². The second-order valence-electron chi connectivity index (χ2n) is 7.46. The molecule has 0 radical (unpaired) electrons. The van der Waals surface area contributed by atoms with Crippen LogP contribution in [0.25, 0.3) is 22.4 Å². The lowest BCUT2D eigenvalue weighted by Crippen LogP contribution is -2.29. The highest BCUT2D eigenvalue weighted by molar-refractivity contribution is 5.86. The summed E-state index contributed by atoms with van der Waals surface area (Å²) < 4.78 is 3.30. The van der Waals surface area contributed by atoms with Gasteiger partial charge in [-0.3, -0.25) is 0 Å². The second-order valence-corrected chi connectivity index (χ2v) is 7.46. The van der Waals surface area contributed by atoms with Crippen molar-refractivity contribution in [2.75, 3.05) is 11.5 Å². The lowest BCUT2D eigenvalue weighted by molar-refractivity contribution is 0.000672. The Kier molecular flexibility index (Phi) is 5.06. The zero-order valence-electron chi connectivity index (χ0n) is 16.5. The van der Waals surface area contributed by atoms with Crippen molar-refractivity contribution in [3.8, 4) is 11.3 Å². The maximum atomic E-state index is 9.68. The third kappa shape index (κ3) is 3.86. The molecule has 0 saturated heterocycles. The fourth-order valence-corrected chi connectivity index (χ4v) is 3.80. The van der Waals surface area contributed by atoms with Gasteiger partial charge < -0.3 is 16.6 Å². The number of nitrogen functional groups attached to an aromatic ring is 2. The molecule has 1 fully saturated rings. The van der Waals surface area contributed by atoms with E-state index >= 15 is 0 Å². The molecule has 0 bridgehead atoms. The molecule has 152 valence electrons. The van der Waals surface area contributed by atoms with Crippen molar-refractivity contribution in [2.24, 2.45) is 0 Å². The van der Waals surface area contributed by atoms with Crippen LogP contribution in [0.1, 0.15) is 45.4 Å². The first-order valence-corrected chi connectivity index (χ1v) is 9.92. The van der Waals surface area contributed by atoms with Crippen LogP contribution in [0, 0.1) is 0 Å². The number of rotatable bonds is 2. The maximum Gasteiger partial charge on any atom is 0.240 e. The number of fused-ring (bicyclic) bond motifs is 2. The molecule has 5 rings (SSSR count). The monoisotopic (exact) mass is 394 g/mol. The van der Waals surface area contributed by atoms with Gasteiger partial charge in [-0.2, -0.15) is 10.1 Å². The normalized spacial score (nSPS) is 15.9. The van der Waals surface area contributed by atoms with Crippen LogP contribution in [0.3, 0.4) is 0 Å². The van der Waals surface area contributed by atoms with Gasteiger partial charge in [-0.1, -0.05) is 26.2 Å². The highest BCUT2D eigenvalue weighted by Gasteiger charge is 2.26. The molecule has 1 aliphatic carbocycles. The summed E-state index contributed by atoms with van der Waals surface area (Å²) in [7, 11) is 0. The second kappa shape index (κ2) is 7.67. The Hall–Kier alpha value is -3.20. The first kappa shape index (κ1) is 19.1. The molecule has 1 aliphatic rings. The van der Waals surface area contributed by atoms with E-state index in [1.165, 1.54) is 19.3 Å². The molecule has 0 aliphatic heterocycles. The lowest BCUT2D eigenvalue weighted by Gasteiger charge is -2.30. The molecule has 0 unspecified atom stereocenters. The number of hydrogen-bond donors (Lipinski definition) is 3. The Morgan fingerprint density at radius 2 is 1.79 bits per heavy atom. The van der Waals surface area contributed by atoms with Crippen molar-refractivity contribution in [3.05, 3.63) is 36.8 Å². The Bertz CT molecular complexity index is 1130. The Morgan fingerprint density at radius 3 is 2.52 bits per heavy atom. The third-order valence-corrected chi connectivity index (χ3v) is 5.53. The molecular formula is C20H26N8O. The van der Waals surface area contributed by atoms with Gasteiger partial charge in [0.05, 0.1) is 17.5 Å². The van der Waals surface area contributed by atoms with Crippen molar-refractivity contribution >= 4 is 22.9 Å². The van der Waals surface area contributed by atoms with Crippen LogP contribution in [0.4, 0.5) is 11.8 Å². The minimum absolute atomic E-state index is 0.136. The average Bonchev–Trinajstić information content (AvgIpc) is 3.35. The van der Waals surface area contributed by atoms with Crippen LogP contribution in [0.5, 0.6) is 0 Å². The van der Waals surface area contributed by atoms with Crippen LogP contribution >= 0.6 is 0 Å². The van der Waals surface area contributed by atoms with E-state index in [0.29, 0.717) is 11.3 Å². The molecule has 4 aromatic heterocycles. The molecule has 4 heterocycles. The van der Waals surface area contributed by atoms with E-state index in [4.69, 9.17) is 11.5 Å². The van der Waals surface area contributed by atoms with Crippen LogP contribution in [0.15, 0.2) is 36.8 Å². The van der Waals surface area contributed by atoms with Crippen molar-refractivity contribution in [1.29, 1.82) is 0 Å². The molecule has 0 atom stereocenters. The summed E-state index contributed by atoms with van der Waals surface area (Å²) in [5.41, 5.74) is 14.3. The average molecular weight is 394 g/mol. The minimum atomic E-state index is -0.280. The maximum absolute atomic E-state index is 9.68. The van der Waals surface area contributed by atoms with Gasteiger partial charge in [-0.15, -0.1) is 5.10 Å². The molecule has 5 N–H and O–H groups in total. The fraction of sp³-hybridized carbons (Fsp3) is 0.400. The van der Waals surface area contributed by atoms with E-state index in [0.717, 1.165) is 36.2 Å². The number of nitrogens with zero attached hydrogens (tertiary/aromatic N) is 6.